The van der Waals surface area contributed by atoms with Crippen molar-refractivity contribution < 1.29 is 9.90 Å². The van der Waals surface area contributed by atoms with Crippen LogP contribution in [0, 0.1) is 12.8 Å². The molecule has 0 saturated heterocycles. The van der Waals surface area contributed by atoms with Gasteiger partial charge >= 0.3 is 5.97 Å². The summed E-state index contributed by atoms with van der Waals surface area (Å²) in [7, 11) is 0. The molecule has 0 radical (unpaired) electrons. The van der Waals surface area contributed by atoms with Crippen LogP contribution in [0.4, 0.5) is 0 Å². The maximum atomic E-state index is 10.5. The van der Waals surface area contributed by atoms with Crippen molar-refractivity contribution in [3.05, 3.63) is 23.3 Å². The fraction of sp³-hybridized carbons (Fsp3) is 0.500. The zero-order chi connectivity index (χ0) is 10.1. The van der Waals surface area contributed by atoms with E-state index >= 15 is 0 Å². The summed E-state index contributed by atoms with van der Waals surface area (Å²) in [5.41, 5.74) is 2.14. The number of aromatic nitrogens is 2. The van der Waals surface area contributed by atoms with Crippen molar-refractivity contribution in [1.82, 2.24) is 9.97 Å². The Morgan fingerprint density at radius 2 is 2.43 bits per heavy atom. The third-order valence-electron chi connectivity index (χ3n) is 2.53. The van der Waals surface area contributed by atoms with Gasteiger partial charge in [0.1, 0.15) is 5.82 Å². The van der Waals surface area contributed by atoms with Crippen molar-refractivity contribution >= 4 is 5.97 Å². The van der Waals surface area contributed by atoms with Gasteiger partial charge in [-0.3, -0.25) is 4.79 Å². The number of nitrogens with zero attached hydrogens (tertiary/aromatic N) is 2. The number of fused-ring (bicyclic) bond motifs is 1. The highest BCUT2D eigenvalue weighted by atomic mass is 16.4. The highest BCUT2D eigenvalue weighted by molar-refractivity contribution is 5.67. The summed E-state index contributed by atoms with van der Waals surface area (Å²) in [5.74, 6) is 0.241. The fourth-order valence-electron chi connectivity index (χ4n) is 1.94. The largest absolute Gasteiger partial charge is 0.481 e. The molecule has 1 unspecified atom stereocenters. The monoisotopic (exact) mass is 192 g/mol. The molecule has 74 valence electrons. The molecule has 1 aliphatic carbocycles. The van der Waals surface area contributed by atoms with Crippen molar-refractivity contribution in [1.29, 1.82) is 0 Å². The van der Waals surface area contributed by atoms with Gasteiger partial charge in [-0.25, -0.2) is 9.97 Å². The number of hydrogen-bond acceptors (Lipinski definition) is 3. The molecule has 0 aromatic carbocycles. The summed E-state index contributed by atoms with van der Waals surface area (Å²) >= 11 is 0. The van der Waals surface area contributed by atoms with Crippen molar-refractivity contribution in [2.45, 2.75) is 26.2 Å². The summed E-state index contributed by atoms with van der Waals surface area (Å²) in [6.45, 7) is 1.85. The number of carboxylic acid groups (broad SMARTS) is 1. The van der Waals surface area contributed by atoms with Crippen LogP contribution in [-0.2, 0) is 17.6 Å². The maximum Gasteiger partial charge on any atom is 0.303 e. The molecular weight excluding hydrogens is 180 g/mol. The van der Waals surface area contributed by atoms with Gasteiger partial charge in [0, 0.05) is 18.3 Å². The van der Waals surface area contributed by atoms with Crippen LogP contribution in [0.2, 0.25) is 0 Å². The molecule has 0 fully saturated rings. The van der Waals surface area contributed by atoms with Crippen molar-refractivity contribution in [3.8, 4) is 0 Å². The summed E-state index contributed by atoms with van der Waals surface area (Å²) in [6, 6.07) is 0. The molecule has 1 atom stereocenters. The highest BCUT2D eigenvalue weighted by Crippen LogP contribution is 2.26. The van der Waals surface area contributed by atoms with Crippen LogP contribution in [0.25, 0.3) is 0 Å². The Hall–Kier alpha value is -1.45. The molecule has 0 saturated carbocycles. The van der Waals surface area contributed by atoms with Gasteiger partial charge in [-0.2, -0.15) is 0 Å². The molecule has 4 nitrogen and oxygen atoms in total. The predicted molar refractivity (Wildman–Crippen MR) is 49.9 cm³/mol. The summed E-state index contributed by atoms with van der Waals surface area (Å²) in [5, 5.41) is 8.67. The second kappa shape index (κ2) is 3.36. The number of carbonyl (C=O) groups is 1. The van der Waals surface area contributed by atoms with E-state index in [1.165, 1.54) is 0 Å². The van der Waals surface area contributed by atoms with Crippen LogP contribution in [0.5, 0.6) is 0 Å². The molecule has 14 heavy (non-hydrogen) atoms. The summed E-state index contributed by atoms with van der Waals surface area (Å²) < 4.78 is 0. The standard InChI is InChI=1S/C10H12N2O2/c1-6-11-5-8-2-7(4-10(13)14)3-9(8)12-6/h5,7H,2-4H2,1H3,(H,13,14). The Morgan fingerprint density at radius 3 is 3.14 bits per heavy atom. The molecule has 1 N–H and O–H groups in total. The zero-order valence-electron chi connectivity index (χ0n) is 8.03. The number of aryl methyl sites for hydroxylation is 1. The van der Waals surface area contributed by atoms with Crippen molar-refractivity contribution in [3.63, 3.8) is 0 Å². The van der Waals surface area contributed by atoms with Gasteiger partial charge in [-0.15, -0.1) is 0 Å². The zero-order valence-corrected chi connectivity index (χ0v) is 8.03. The van der Waals surface area contributed by atoms with Gasteiger partial charge in [0.15, 0.2) is 0 Å². The van der Waals surface area contributed by atoms with Crippen molar-refractivity contribution in [2.24, 2.45) is 5.92 Å². The molecule has 0 aliphatic heterocycles. The molecule has 1 aromatic heterocycles. The lowest BCUT2D eigenvalue weighted by Gasteiger charge is -2.02. The Morgan fingerprint density at radius 1 is 1.64 bits per heavy atom. The van der Waals surface area contributed by atoms with E-state index in [0.717, 1.165) is 29.9 Å². The van der Waals surface area contributed by atoms with E-state index in [1.54, 1.807) is 0 Å². The molecule has 0 spiro atoms. The van der Waals surface area contributed by atoms with Gasteiger partial charge in [0.25, 0.3) is 0 Å². The number of aliphatic carboxylic acids is 1. The van der Waals surface area contributed by atoms with Crippen LogP contribution >= 0.6 is 0 Å². The average molecular weight is 192 g/mol. The first-order valence-corrected chi connectivity index (χ1v) is 4.68. The Balaban J connectivity index is 2.14. The molecule has 1 heterocycles. The SMILES string of the molecule is Cc1ncc2c(n1)CC(CC(=O)O)C2. The van der Waals surface area contributed by atoms with Gasteiger partial charge in [0.2, 0.25) is 0 Å². The lowest BCUT2D eigenvalue weighted by atomic mass is 10.0. The quantitative estimate of drug-likeness (QED) is 0.758. The molecule has 0 amide bonds. The van der Waals surface area contributed by atoms with Crippen molar-refractivity contribution in [2.75, 3.05) is 0 Å². The maximum absolute atomic E-state index is 10.5. The van der Waals surface area contributed by atoms with E-state index in [0.29, 0.717) is 0 Å². The van der Waals surface area contributed by atoms with Crippen LogP contribution in [-0.4, -0.2) is 21.0 Å². The van der Waals surface area contributed by atoms with E-state index in [9.17, 15) is 4.79 Å². The topological polar surface area (TPSA) is 63.1 Å². The predicted octanol–water partition coefficient (Wildman–Crippen LogP) is 0.975. The second-order valence-corrected chi connectivity index (χ2v) is 3.76. The van der Waals surface area contributed by atoms with Gasteiger partial charge < -0.3 is 5.11 Å². The normalized spacial score (nSPS) is 19.4. The summed E-state index contributed by atoms with van der Waals surface area (Å²) in [6.07, 6.45) is 3.64. The molecule has 4 heteroatoms. The summed E-state index contributed by atoms with van der Waals surface area (Å²) in [4.78, 5) is 19.0. The van der Waals surface area contributed by atoms with Crippen LogP contribution < -0.4 is 0 Å². The molecule has 2 rings (SSSR count). The van der Waals surface area contributed by atoms with Crippen LogP contribution in [0.15, 0.2) is 6.20 Å². The number of carboxylic acids is 1. The fourth-order valence-corrected chi connectivity index (χ4v) is 1.94. The Bertz CT molecular complexity index is 376. The minimum absolute atomic E-state index is 0.207. The first kappa shape index (κ1) is 9.12. The van der Waals surface area contributed by atoms with Gasteiger partial charge in [-0.05, 0) is 31.2 Å². The smallest absolute Gasteiger partial charge is 0.303 e. The second-order valence-electron chi connectivity index (χ2n) is 3.76. The minimum atomic E-state index is -0.729. The van der Waals surface area contributed by atoms with E-state index in [1.807, 2.05) is 13.1 Å². The average Bonchev–Trinajstić information content (AvgIpc) is 2.44. The first-order chi connectivity index (χ1) is 6.65. The Kier molecular flexibility index (Phi) is 2.19. The van der Waals surface area contributed by atoms with E-state index < -0.39 is 5.97 Å². The molecule has 1 aliphatic rings. The lowest BCUT2D eigenvalue weighted by molar-refractivity contribution is -0.138. The van der Waals surface area contributed by atoms with Gasteiger partial charge in [-0.1, -0.05) is 0 Å². The third kappa shape index (κ3) is 1.73. The van der Waals surface area contributed by atoms with E-state index in [4.69, 9.17) is 5.11 Å². The number of hydrogen-bond donors (Lipinski definition) is 1. The lowest BCUT2D eigenvalue weighted by Crippen LogP contribution is -2.07. The van der Waals surface area contributed by atoms with Crippen LogP contribution in [0.3, 0.4) is 0 Å². The van der Waals surface area contributed by atoms with E-state index in [2.05, 4.69) is 9.97 Å². The van der Waals surface area contributed by atoms with E-state index in [-0.39, 0.29) is 12.3 Å². The molecular formula is C10H12N2O2. The Labute approximate surface area is 82.0 Å². The van der Waals surface area contributed by atoms with Crippen LogP contribution in [0.1, 0.15) is 23.5 Å². The molecule has 1 aromatic rings. The molecule has 0 bridgehead atoms. The third-order valence-corrected chi connectivity index (χ3v) is 2.53. The van der Waals surface area contributed by atoms with Gasteiger partial charge in [0.05, 0.1) is 0 Å². The minimum Gasteiger partial charge on any atom is -0.481 e. The first-order valence-electron chi connectivity index (χ1n) is 4.68. The highest BCUT2D eigenvalue weighted by Gasteiger charge is 2.24. The number of rotatable bonds is 2.